The second-order valence-corrected chi connectivity index (χ2v) is 12.8. The van der Waals surface area contributed by atoms with Crippen molar-refractivity contribution in [3.8, 4) is 0 Å². The van der Waals surface area contributed by atoms with Gasteiger partial charge in [-0.15, -0.1) is 0 Å². The van der Waals surface area contributed by atoms with Gasteiger partial charge >= 0.3 is 0 Å². The molecule has 0 aromatic heterocycles. The fourth-order valence-electron chi connectivity index (χ4n) is 5.70. The van der Waals surface area contributed by atoms with Gasteiger partial charge in [-0.3, -0.25) is 9.59 Å². The molecule has 0 amide bonds. The normalized spacial score (nSPS) is 12.8. The molecular formula is C37H70O5. The van der Waals surface area contributed by atoms with E-state index in [4.69, 9.17) is 10.2 Å². The lowest BCUT2D eigenvalue weighted by Gasteiger charge is -2.21. The molecule has 0 heterocycles. The highest BCUT2D eigenvalue weighted by Gasteiger charge is 2.33. The topological polar surface area (TPSA) is 94.8 Å². The van der Waals surface area contributed by atoms with Crippen LogP contribution in [0.2, 0.25) is 0 Å². The van der Waals surface area contributed by atoms with Crippen LogP contribution in [0.3, 0.4) is 0 Å². The third-order valence-electron chi connectivity index (χ3n) is 8.80. The first kappa shape index (κ1) is 41.0. The SMILES string of the molecule is CCCCCCCCCCCCCCCC(=O)C(CC/C=C\CCCCCCCC(=O)C(O)(CO)CO)CCCCC. The molecule has 1 unspecified atom stereocenters. The standard InChI is InChI=1S/C37H70O5/c1-3-5-7-8-9-10-11-12-13-16-19-22-26-30-35(40)34(28-24-6-4-2)29-25-21-18-15-14-17-20-23-27-31-36(41)37(42,32-38)33-39/h18,21,34,38-39,42H,3-17,19-20,22-33H2,1-2H3/b21-18-. The molecule has 0 bridgehead atoms. The molecule has 0 radical (unpaired) electrons. The average Bonchev–Trinajstić information content (AvgIpc) is 3.00. The monoisotopic (exact) mass is 595 g/mol. The summed E-state index contributed by atoms with van der Waals surface area (Å²) in [6.45, 7) is 3.03. The van der Waals surface area contributed by atoms with Crippen molar-refractivity contribution in [1.82, 2.24) is 0 Å². The van der Waals surface area contributed by atoms with Crippen molar-refractivity contribution in [2.75, 3.05) is 13.2 Å². The smallest absolute Gasteiger partial charge is 0.169 e. The Balaban J connectivity index is 3.93. The molecule has 5 heteroatoms. The van der Waals surface area contributed by atoms with Gasteiger partial charge in [-0.25, -0.2) is 0 Å². The number of carbonyl (C=O) groups excluding carboxylic acids is 2. The summed E-state index contributed by atoms with van der Waals surface area (Å²) in [5.74, 6) is 0.249. The van der Waals surface area contributed by atoms with Crippen LogP contribution in [-0.4, -0.2) is 45.7 Å². The molecule has 0 aliphatic carbocycles. The molecule has 0 saturated heterocycles. The van der Waals surface area contributed by atoms with E-state index in [-0.39, 0.29) is 12.3 Å². The minimum absolute atomic E-state index is 0.190. The zero-order chi connectivity index (χ0) is 31.2. The van der Waals surface area contributed by atoms with Crippen LogP contribution in [0.1, 0.15) is 187 Å². The highest BCUT2D eigenvalue weighted by molar-refractivity contribution is 5.87. The summed E-state index contributed by atoms with van der Waals surface area (Å²) in [6.07, 6.45) is 35.3. The number of carbonyl (C=O) groups is 2. The van der Waals surface area contributed by atoms with Gasteiger partial charge < -0.3 is 15.3 Å². The molecule has 0 spiro atoms. The quantitative estimate of drug-likeness (QED) is 0.0519. The Hall–Kier alpha value is -1.04. The summed E-state index contributed by atoms with van der Waals surface area (Å²) in [5.41, 5.74) is -1.99. The number of aliphatic hydroxyl groups is 3. The highest BCUT2D eigenvalue weighted by atomic mass is 16.4. The maximum Gasteiger partial charge on any atom is 0.169 e. The molecule has 0 rings (SSSR count). The van der Waals surface area contributed by atoms with Gasteiger partial charge in [0.2, 0.25) is 0 Å². The fourth-order valence-corrected chi connectivity index (χ4v) is 5.70. The van der Waals surface area contributed by atoms with Crippen LogP contribution in [0.25, 0.3) is 0 Å². The lowest BCUT2D eigenvalue weighted by Crippen LogP contribution is -2.45. The van der Waals surface area contributed by atoms with Gasteiger partial charge in [-0.2, -0.15) is 0 Å². The summed E-state index contributed by atoms with van der Waals surface area (Å²) in [4.78, 5) is 24.9. The molecule has 0 saturated carbocycles. The van der Waals surface area contributed by atoms with Gasteiger partial charge in [-0.05, 0) is 44.9 Å². The Morgan fingerprint density at radius 1 is 0.548 bits per heavy atom. The van der Waals surface area contributed by atoms with Crippen molar-refractivity contribution in [2.24, 2.45) is 5.92 Å². The number of aliphatic hydroxyl groups excluding tert-OH is 2. The van der Waals surface area contributed by atoms with E-state index in [2.05, 4.69) is 26.0 Å². The fraction of sp³-hybridized carbons (Fsp3) is 0.892. The predicted octanol–water partition coefficient (Wildman–Crippen LogP) is 9.59. The lowest BCUT2D eigenvalue weighted by molar-refractivity contribution is -0.146. The largest absolute Gasteiger partial charge is 0.393 e. The molecule has 3 N–H and O–H groups in total. The molecular weight excluding hydrogens is 524 g/mol. The van der Waals surface area contributed by atoms with Gasteiger partial charge in [0, 0.05) is 18.8 Å². The Bertz CT molecular complexity index is 640. The summed E-state index contributed by atoms with van der Waals surface area (Å²) < 4.78 is 0. The van der Waals surface area contributed by atoms with Crippen molar-refractivity contribution in [2.45, 2.75) is 193 Å². The van der Waals surface area contributed by atoms with E-state index in [9.17, 15) is 14.7 Å². The Kier molecular flexibility index (Phi) is 29.3. The third-order valence-corrected chi connectivity index (χ3v) is 8.80. The number of Topliss-reactive ketones (excluding diaryl/α,β-unsaturated/α-hetero) is 2. The van der Waals surface area contributed by atoms with Crippen molar-refractivity contribution in [3.05, 3.63) is 12.2 Å². The molecule has 5 nitrogen and oxygen atoms in total. The molecule has 0 aromatic rings. The molecule has 42 heavy (non-hydrogen) atoms. The van der Waals surface area contributed by atoms with Crippen LogP contribution in [0.4, 0.5) is 0 Å². The predicted molar refractivity (Wildman–Crippen MR) is 178 cm³/mol. The number of unbranched alkanes of at least 4 members (excludes halogenated alkanes) is 19. The van der Waals surface area contributed by atoms with Crippen LogP contribution in [-0.2, 0) is 9.59 Å². The second-order valence-electron chi connectivity index (χ2n) is 12.8. The molecule has 0 aromatic carbocycles. The number of hydrogen-bond donors (Lipinski definition) is 3. The number of hydrogen-bond acceptors (Lipinski definition) is 5. The first-order valence-corrected chi connectivity index (χ1v) is 18.1. The van der Waals surface area contributed by atoms with Crippen LogP contribution < -0.4 is 0 Å². The van der Waals surface area contributed by atoms with Crippen molar-refractivity contribution in [3.63, 3.8) is 0 Å². The van der Waals surface area contributed by atoms with Gasteiger partial charge in [0.15, 0.2) is 11.4 Å². The van der Waals surface area contributed by atoms with Gasteiger partial charge in [0.05, 0.1) is 13.2 Å². The van der Waals surface area contributed by atoms with E-state index < -0.39 is 24.6 Å². The Morgan fingerprint density at radius 2 is 0.976 bits per heavy atom. The maximum absolute atomic E-state index is 13.0. The van der Waals surface area contributed by atoms with Crippen LogP contribution >= 0.6 is 0 Å². The summed E-state index contributed by atoms with van der Waals surface area (Å²) in [5, 5.41) is 27.9. The summed E-state index contributed by atoms with van der Waals surface area (Å²) in [7, 11) is 0. The summed E-state index contributed by atoms with van der Waals surface area (Å²) in [6, 6.07) is 0. The number of ketones is 2. The molecule has 0 aliphatic rings. The van der Waals surface area contributed by atoms with E-state index in [1.807, 2.05) is 0 Å². The zero-order valence-electron chi connectivity index (χ0n) is 27.9. The van der Waals surface area contributed by atoms with Crippen LogP contribution in [0.5, 0.6) is 0 Å². The summed E-state index contributed by atoms with van der Waals surface area (Å²) >= 11 is 0. The molecule has 248 valence electrons. The third kappa shape index (κ3) is 23.4. The number of rotatable bonds is 33. The van der Waals surface area contributed by atoms with Crippen LogP contribution in [0, 0.1) is 5.92 Å². The number of allylic oxidation sites excluding steroid dienone is 2. The van der Waals surface area contributed by atoms with Crippen LogP contribution in [0.15, 0.2) is 12.2 Å². The van der Waals surface area contributed by atoms with Crippen molar-refractivity contribution < 1.29 is 24.9 Å². The highest BCUT2D eigenvalue weighted by Crippen LogP contribution is 2.21. The van der Waals surface area contributed by atoms with E-state index in [1.165, 1.54) is 96.3 Å². The lowest BCUT2D eigenvalue weighted by atomic mass is 9.89. The first-order valence-electron chi connectivity index (χ1n) is 18.1. The van der Waals surface area contributed by atoms with Crippen molar-refractivity contribution >= 4 is 11.6 Å². The van der Waals surface area contributed by atoms with Crippen molar-refractivity contribution in [1.29, 1.82) is 0 Å². The Labute approximate surface area is 260 Å². The van der Waals surface area contributed by atoms with E-state index in [0.29, 0.717) is 12.2 Å². The molecule has 0 fully saturated rings. The Morgan fingerprint density at radius 3 is 1.50 bits per heavy atom. The zero-order valence-corrected chi connectivity index (χ0v) is 27.9. The minimum Gasteiger partial charge on any atom is -0.393 e. The second kappa shape index (κ2) is 30.0. The van der Waals surface area contributed by atoms with E-state index in [0.717, 1.165) is 64.2 Å². The first-order chi connectivity index (χ1) is 20.4. The molecule has 0 aliphatic heterocycles. The van der Waals surface area contributed by atoms with E-state index >= 15 is 0 Å². The maximum atomic E-state index is 13.0. The van der Waals surface area contributed by atoms with Gasteiger partial charge in [0.25, 0.3) is 0 Å². The van der Waals surface area contributed by atoms with Gasteiger partial charge in [0.1, 0.15) is 5.78 Å². The average molecular weight is 595 g/mol. The van der Waals surface area contributed by atoms with Gasteiger partial charge in [-0.1, -0.05) is 142 Å². The minimum atomic E-state index is -1.99. The van der Waals surface area contributed by atoms with E-state index in [1.54, 1.807) is 0 Å². The molecule has 1 atom stereocenters.